The highest BCUT2D eigenvalue weighted by Gasteiger charge is 2.14. The predicted molar refractivity (Wildman–Crippen MR) is 85.2 cm³/mol. The van der Waals surface area contributed by atoms with Crippen LogP contribution in [0.15, 0.2) is 62.3 Å². The molecule has 0 saturated carbocycles. The lowest BCUT2D eigenvalue weighted by atomic mass is 10.2. The van der Waals surface area contributed by atoms with Crippen molar-refractivity contribution in [2.24, 2.45) is 4.40 Å². The molecule has 0 aliphatic carbocycles. The molecular formula is C13H8BrCl2NO2S. The van der Waals surface area contributed by atoms with Gasteiger partial charge >= 0.3 is 0 Å². The van der Waals surface area contributed by atoms with Crippen LogP contribution in [0.5, 0.6) is 0 Å². The van der Waals surface area contributed by atoms with Crippen LogP contribution in [0.4, 0.5) is 0 Å². The Bertz CT molecular complexity index is 741. The van der Waals surface area contributed by atoms with Crippen molar-refractivity contribution < 1.29 is 8.42 Å². The van der Waals surface area contributed by atoms with E-state index in [-0.39, 0.29) is 10.1 Å². The fourth-order valence-corrected chi connectivity index (χ4v) is 3.10. The van der Waals surface area contributed by atoms with Crippen molar-refractivity contribution in [1.82, 2.24) is 0 Å². The summed E-state index contributed by atoms with van der Waals surface area (Å²) in [5.74, 6) is 0. The van der Waals surface area contributed by atoms with E-state index in [4.69, 9.17) is 23.2 Å². The summed E-state index contributed by atoms with van der Waals surface area (Å²) in [6, 6.07) is 12.6. The number of sulfonamides is 1. The molecule has 0 spiro atoms. The van der Waals surface area contributed by atoms with E-state index in [2.05, 4.69) is 20.3 Å². The van der Waals surface area contributed by atoms with Gasteiger partial charge in [-0.15, -0.1) is 4.40 Å². The van der Waals surface area contributed by atoms with Crippen molar-refractivity contribution in [3.05, 3.63) is 63.6 Å². The zero-order valence-corrected chi connectivity index (χ0v) is 13.8. The lowest BCUT2D eigenvalue weighted by molar-refractivity contribution is 0.598. The molecule has 0 N–H and O–H groups in total. The summed E-state index contributed by atoms with van der Waals surface area (Å²) in [6.45, 7) is 0. The zero-order valence-electron chi connectivity index (χ0n) is 9.92. The van der Waals surface area contributed by atoms with E-state index in [1.165, 1.54) is 12.1 Å². The Kier molecular flexibility index (Phi) is 4.86. The molecule has 0 amide bonds. The summed E-state index contributed by atoms with van der Waals surface area (Å²) < 4.78 is 28.5. The van der Waals surface area contributed by atoms with Gasteiger partial charge < -0.3 is 0 Å². The van der Waals surface area contributed by atoms with Gasteiger partial charge in [0.15, 0.2) is 0 Å². The summed E-state index contributed by atoms with van der Waals surface area (Å²) in [5, 5.41) is 0.429. The van der Waals surface area contributed by atoms with Crippen LogP contribution in [0, 0.1) is 0 Å². The van der Waals surface area contributed by atoms with Crippen LogP contribution in [0.25, 0.3) is 0 Å². The molecule has 0 aliphatic rings. The molecule has 0 saturated heterocycles. The average molecular weight is 393 g/mol. The van der Waals surface area contributed by atoms with E-state index < -0.39 is 10.0 Å². The van der Waals surface area contributed by atoms with Crippen molar-refractivity contribution >= 4 is 54.3 Å². The molecule has 0 atom stereocenters. The largest absolute Gasteiger partial charge is 0.283 e. The molecule has 0 radical (unpaired) electrons. The van der Waals surface area contributed by atoms with Crippen LogP contribution < -0.4 is 0 Å². The number of hydrogen-bond donors (Lipinski definition) is 0. The molecule has 2 aromatic rings. The third-order valence-corrected chi connectivity index (χ3v) is 4.87. The topological polar surface area (TPSA) is 46.5 Å². The van der Waals surface area contributed by atoms with Crippen molar-refractivity contribution in [2.45, 2.75) is 4.90 Å². The number of benzene rings is 2. The van der Waals surface area contributed by atoms with Crippen LogP contribution in [-0.4, -0.2) is 13.6 Å². The van der Waals surface area contributed by atoms with Gasteiger partial charge in [-0.25, -0.2) is 0 Å². The van der Waals surface area contributed by atoms with Crippen molar-refractivity contribution in [1.29, 1.82) is 0 Å². The molecule has 104 valence electrons. The average Bonchev–Trinajstić information content (AvgIpc) is 2.39. The highest BCUT2D eigenvalue weighted by Crippen LogP contribution is 2.19. The summed E-state index contributed by atoms with van der Waals surface area (Å²) in [5.41, 5.74) is 0.483. The van der Waals surface area contributed by atoms with Crippen LogP contribution in [0.2, 0.25) is 5.02 Å². The minimum atomic E-state index is -3.83. The SMILES string of the molecule is O=S(=O)(/N=C(/Cl)c1ccc(Cl)cc1)c1ccc(Br)cc1. The van der Waals surface area contributed by atoms with Gasteiger partial charge in [0.2, 0.25) is 0 Å². The van der Waals surface area contributed by atoms with Gasteiger partial charge in [0.1, 0.15) is 5.17 Å². The first-order chi connectivity index (χ1) is 9.38. The highest BCUT2D eigenvalue weighted by molar-refractivity contribution is 9.10. The van der Waals surface area contributed by atoms with Crippen LogP contribution in [0.1, 0.15) is 5.56 Å². The maximum Gasteiger partial charge on any atom is 0.283 e. The van der Waals surface area contributed by atoms with Gasteiger partial charge in [0.25, 0.3) is 10.0 Å². The molecule has 0 heterocycles. The molecule has 20 heavy (non-hydrogen) atoms. The Balaban J connectivity index is 2.37. The summed E-state index contributed by atoms with van der Waals surface area (Å²) >= 11 is 14.9. The fraction of sp³-hybridized carbons (Fsp3) is 0. The Hall–Kier alpha value is -0.880. The smallest absolute Gasteiger partial charge is 0.199 e. The maximum absolute atomic E-state index is 12.1. The normalized spacial score (nSPS) is 12.4. The fourth-order valence-electron chi connectivity index (χ4n) is 1.40. The van der Waals surface area contributed by atoms with E-state index in [0.29, 0.717) is 10.6 Å². The van der Waals surface area contributed by atoms with Crippen LogP contribution >= 0.6 is 39.1 Å². The molecule has 2 aromatic carbocycles. The molecule has 3 nitrogen and oxygen atoms in total. The summed E-state index contributed by atoms with van der Waals surface area (Å²) in [6.07, 6.45) is 0. The third kappa shape index (κ3) is 3.82. The van der Waals surface area contributed by atoms with Gasteiger partial charge in [-0.1, -0.05) is 51.3 Å². The maximum atomic E-state index is 12.1. The second-order valence-electron chi connectivity index (χ2n) is 3.82. The van der Waals surface area contributed by atoms with Crippen molar-refractivity contribution in [2.75, 3.05) is 0 Å². The number of halogens is 3. The summed E-state index contributed by atoms with van der Waals surface area (Å²) in [7, 11) is -3.83. The minimum Gasteiger partial charge on any atom is -0.199 e. The van der Waals surface area contributed by atoms with Gasteiger partial charge in [-0.2, -0.15) is 8.42 Å². The number of hydrogen-bond acceptors (Lipinski definition) is 2. The Morgan fingerprint density at radius 2 is 1.55 bits per heavy atom. The van der Waals surface area contributed by atoms with Gasteiger partial charge in [0.05, 0.1) is 4.90 Å². The summed E-state index contributed by atoms with van der Waals surface area (Å²) in [4.78, 5) is 0.0767. The van der Waals surface area contributed by atoms with E-state index in [1.807, 2.05) is 0 Å². The van der Waals surface area contributed by atoms with Crippen LogP contribution in [0.3, 0.4) is 0 Å². The third-order valence-electron chi connectivity index (χ3n) is 2.39. The van der Waals surface area contributed by atoms with Gasteiger partial charge in [-0.05, 0) is 36.4 Å². The Morgan fingerprint density at radius 3 is 2.10 bits per heavy atom. The molecule has 2 rings (SSSR count). The predicted octanol–water partition coefficient (Wildman–Crippen LogP) is 4.48. The molecule has 0 aliphatic heterocycles. The molecule has 0 aromatic heterocycles. The standard InChI is InChI=1S/C13H8BrCl2NO2S/c14-10-3-7-12(8-4-10)20(18,19)17-13(16)9-1-5-11(15)6-2-9/h1-8H/b17-13+. The first kappa shape index (κ1) is 15.5. The molecular weight excluding hydrogens is 385 g/mol. The molecule has 0 fully saturated rings. The van der Waals surface area contributed by atoms with Crippen molar-refractivity contribution in [3.63, 3.8) is 0 Å². The quantitative estimate of drug-likeness (QED) is 0.723. The lowest BCUT2D eigenvalue weighted by Crippen LogP contribution is -2.01. The van der Waals surface area contributed by atoms with Gasteiger partial charge in [-0.3, -0.25) is 0 Å². The van der Waals surface area contributed by atoms with E-state index in [1.54, 1.807) is 36.4 Å². The zero-order chi connectivity index (χ0) is 14.8. The molecule has 0 bridgehead atoms. The second kappa shape index (κ2) is 6.26. The Labute approximate surface area is 135 Å². The van der Waals surface area contributed by atoms with Crippen LogP contribution in [-0.2, 0) is 10.0 Å². The molecule has 0 unspecified atom stereocenters. The second-order valence-corrected chi connectivity index (χ2v) is 7.13. The Morgan fingerprint density at radius 1 is 1.00 bits per heavy atom. The van der Waals surface area contributed by atoms with Crippen molar-refractivity contribution in [3.8, 4) is 0 Å². The first-order valence-electron chi connectivity index (χ1n) is 5.40. The molecule has 7 heteroatoms. The number of rotatable bonds is 3. The first-order valence-corrected chi connectivity index (χ1v) is 8.39. The van der Waals surface area contributed by atoms with E-state index in [9.17, 15) is 8.42 Å². The lowest BCUT2D eigenvalue weighted by Gasteiger charge is -2.01. The van der Waals surface area contributed by atoms with Gasteiger partial charge in [0, 0.05) is 15.1 Å². The highest BCUT2D eigenvalue weighted by atomic mass is 79.9. The number of nitrogens with zero attached hydrogens (tertiary/aromatic N) is 1. The monoisotopic (exact) mass is 391 g/mol. The minimum absolute atomic E-state index is 0.0767. The van der Waals surface area contributed by atoms with E-state index >= 15 is 0 Å². The van der Waals surface area contributed by atoms with E-state index in [0.717, 1.165) is 4.47 Å².